The van der Waals surface area contributed by atoms with E-state index in [4.69, 9.17) is 4.98 Å². The average molecular weight is 366 g/mol. The van der Waals surface area contributed by atoms with Crippen LogP contribution in [-0.4, -0.2) is 20.4 Å². The van der Waals surface area contributed by atoms with Gasteiger partial charge in [-0.2, -0.15) is 0 Å². The molecule has 2 heterocycles. The standard InChI is InChI=1S/C21H23FN4O/c1-2-5-20(27)25(17-7-3-6-16(22)12-17)14-19-24-18-8-4-11-23-21(18)26(19)13-15-9-10-15/h3-4,6-8,11-12,15H,2,5,9-10,13-14H2,1H3. The predicted octanol–water partition coefficient (Wildman–Crippen LogP) is 4.31. The summed E-state index contributed by atoms with van der Waals surface area (Å²) in [4.78, 5) is 23.6. The zero-order valence-electron chi connectivity index (χ0n) is 15.4. The maximum atomic E-state index is 13.8. The molecule has 5 nitrogen and oxygen atoms in total. The first-order valence-corrected chi connectivity index (χ1v) is 9.51. The first-order chi connectivity index (χ1) is 13.2. The van der Waals surface area contributed by atoms with Crippen LogP contribution in [0, 0.1) is 11.7 Å². The Balaban J connectivity index is 1.73. The van der Waals surface area contributed by atoms with Crippen LogP contribution in [0.2, 0.25) is 0 Å². The van der Waals surface area contributed by atoms with Gasteiger partial charge in [-0.1, -0.05) is 13.0 Å². The Morgan fingerprint density at radius 3 is 2.89 bits per heavy atom. The summed E-state index contributed by atoms with van der Waals surface area (Å²) in [7, 11) is 0. The lowest BCUT2D eigenvalue weighted by molar-refractivity contribution is -0.118. The van der Waals surface area contributed by atoms with E-state index in [2.05, 4.69) is 9.55 Å². The molecule has 0 unspecified atom stereocenters. The van der Waals surface area contributed by atoms with Crippen molar-refractivity contribution in [1.29, 1.82) is 0 Å². The SMILES string of the molecule is CCCC(=O)N(Cc1nc2cccnc2n1CC1CC1)c1cccc(F)c1. The highest BCUT2D eigenvalue weighted by Gasteiger charge is 2.26. The van der Waals surface area contributed by atoms with Crippen LogP contribution in [0.25, 0.3) is 11.2 Å². The van der Waals surface area contributed by atoms with Crippen molar-refractivity contribution in [1.82, 2.24) is 14.5 Å². The minimum absolute atomic E-state index is 0.0268. The highest BCUT2D eigenvalue weighted by Crippen LogP contribution is 2.32. The van der Waals surface area contributed by atoms with Crippen LogP contribution in [-0.2, 0) is 17.9 Å². The molecule has 1 aliphatic carbocycles. The molecule has 1 amide bonds. The number of anilines is 1. The number of pyridine rings is 1. The first-order valence-electron chi connectivity index (χ1n) is 9.51. The highest BCUT2D eigenvalue weighted by molar-refractivity contribution is 5.93. The van der Waals surface area contributed by atoms with Gasteiger partial charge >= 0.3 is 0 Å². The first kappa shape index (κ1) is 17.6. The summed E-state index contributed by atoms with van der Waals surface area (Å²) in [6.45, 7) is 3.14. The van der Waals surface area contributed by atoms with Gasteiger partial charge in [0.05, 0.1) is 6.54 Å². The van der Waals surface area contributed by atoms with E-state index < -0.39 is 0 Å². The molecule has 140 valence electrons. The van der Waals surface area contributed by atoms with Gasteiger partial charge in [-0.05, 0) is 55.5 Å². The Kier molecular flexibility index (Phi) is 4.88. The van der Waals surface area contributed by atoms with Crippen LogP contribution in [0.4, 0.5) is 10.1 Å². The van der Waals surface area contributed by atoms with Crippen LogP contribution in [0.1, 0.15) is 38.4 Å². The van der Waals surface area contributed by atoms with Crippen LogP contribution >= 0.6 is 0 Å². The van der Waals surface area contributed by atoms with Gasteiger partial charge < -0.3 is 9.47 Å². The highest BCUT2D eigenvalue weighted by atomic mass is 19.1. The molecule has 4 rings (SSSR count). The van der Waals surface area contributed by atoms with Gasteiger partial charge in [-0.3, -0.25) is 4.79 Å². The molecule has 1 aliphatic rings. The van der Waals surface area contributed by atoms with E-state index in [0.29, 0.717) is 24.6 Å². The summed E-state index contributed by atoms with van der Waals surface area (Å²) in [5, 5.41) is 0. The van der Waals surface area contributed by atoms with Crippen molar-refractivity contribution >= 4 is 22.8 Å². The lowest BCUT2D eigenvalue weighted by atomic mass is 10.2. The molecule has 0 aliphatic heterocycles. The molecule has 0 N–H and O–H groups in total. The van der Waals surface area contributed by atoms with Crippen LogP contribution in [0.15, 0.2) is 42.6 Å². The molecular weight excluding hydrogens is 343 g/mol. The van der Waals surface area contributed by atoms with Gasteiger partial charge in [0, 0.05) is 24.8 Å². The fourth-order valence-corrected chi connectivity index (χ4v) is 3.33. The zero-order valence-corrected chi connectivity index (χ0v) is 15.4. The van der Waals surface area contributed by atoms with Gasteiger partial charge in [-0.15, -0.1) is 0 Å². The number of carbonyl (C=O) groups excluding carboxylic acids is 1. The van der Waals surface area contributed by atoms with E-state index in [1.165, 1.54) is 25.0 Å². The van der Waals surface area contributed by atoms with Crippen molar-refractivity contribution in [3.05, 3.63) is 54.2 Å². The number of benzene rings is 1. The minimum atomic E-state index is -0.352. The van der Waals surface area contributed by atoms with Gasteiger partial charge in [0.15, 0.2) is 5.65 Å². The normalized spacial score (nSPS) is 13.9. The van der Waals surface area contributed by atoms with E-state index in [-0.39, 0.29) is 11.7 Å². The second-order valence-corrected chi connectivity index (χ2v) is 7.14. The van der Waals surface area contributed by atoms with E-state index in [0.717, 1.165) is 30.0 Å². The van der Waals surface area contributed by atoms with Gasteiger partial charge in [0.2, 0.25) is 5.91 Å². The summed E-state index contributed by atoms with van der Waals surface area (Å²) < 4.78 is 15.9. The number of halogens is 1. The molecule has 0 atom stereocenters. The van der Waals surface area contributed by atoms with Gasteiger partial charge in [0.25, 0.3) is 0 Å². The van der Waals surface area contributed by atoms with Gasteiger partial charge in [-0.25, -0.2) is 14.4 Å². The van der Waals surface area contributed by atoms with Crippen molar-refractivity contribution in [3.8, 4) is 0 Å². The van der Waals surface area contributed by atoms with E-state index >= 15 is 0 Å². The molecular formula is C21H23FN4O. The number of amides is 1. The molecule has 0 saturated heterocycles. The van der Waals surface area contributed by atoms with E-state index in [9.17, 15) is 9.18 Å². The molecule has 1 fully saturated rings. The molecule has 0 bridgehead atoms. The topological polar surface area (TPSA) is 51.0 Å². The second-order valence-electron chi connectivity index (χ2n) is 7.14. The fourth-order valence-electron chi connectivity index (χ4n) is 3.33. The number of hydrogen-bond acceptors (Lipinski definition) is 3. The largest absolute Gasteiger partial charge is 0.311 e. The Labute approximate surface area is 157 Å². The van der Waals surface area contributed by atoms with Crippen molar-refractivity contribution in [2.24, 2.45) is 5.92 Å². The van der Waals surface area contributed by atoms with Crippen LogP contribution < -0.4 is 4.90 Å². The third-order valence-corrected chi connectivity index (χ3v) is 4.90. The van der Waals surface area contributed by atoms with Crippen LogP contribution in [0.5, 0.6) is 0 Å². The van der Waals surface area contributed by atoms with Crippen LogP contribution in [0.3, 0.4) is 0 Å². The lowest BCUT2D eigenvalue weighted by Gasteiger charge is -2.23. The summed E-state index contributed by atoms with van der Waals surface area (Å²) in [5.74, 6) is 1.07. The summed E-state index contributed by atoms with van der Waals surface area (Å²) in [5.41, 5.74) is 2.24. The molecule has 27 heavy (non-hydrogen) atoms. The third kappa shape index (κ3) is 3.84. The monoisotopic (exact) mass is 366 g/mol. The number of carbonyl (C=O) groups is 1. The molecule has 1 aromatic carbocycles. The molecule has 1 saturated carbocycles. The number of nitrogens with zero attached hydrogens (tertiary/aromatic N) is 4. The maximum absolute atomic E-state index is 13.8. The fraction of sp³-hybridized carbons (Fsp3) is 0.381. The third-order valence-electron chi connectivity index (χ3n) is 4.90. The van der Waals surface area contributed by atoms with E-state index in [1.54, 1.807) is 23.2 Å². The summed E-state index contributed by atoms with van der Waals surface area (Å²) >= 11 is 0. The maximum Gasteiger partial charge on any atom is 0.227 e. The second kappa shape index (κ2) is 7.47. The molecule has 6 heteroatoms. The zero-order chi connectivity index (χ0) is 18.8. The average Bonchev–Trinajstić information content (AvgIpc) is 3.41. The Bertz CT molecular complexity index is 964. The number of rotatable bonds is 7. The summed E-state index contributed by atoms with van der Waals surface area (Å²) in [6.07, 6.45) is 5.36. The Morgan fingerprint density at radius 1 is 1.30 bits per heavy atom. The smallest absolute Gasteiger partial charge is 0.227 e. The van der Waals surface area contributed by atoms with Crippen molar-refractivity contribution in [2.45, 2.75) is 45.7 Å². The van der Waals surface area contributed by atoms with Crippen molar-refractivity contribution < 1.29 is 9.18 Å². The quantitative estimate of drug-likeness (QED) is 0.626. The minimum Gasteiger partial charge on any atom is -0.311 e. The number of hydrogen-bond donors (Lipinski definition) is 0. The Morgan fingerprint density at radius 2 is 2.15 bits per heavy atom. The molecule has 0 spiro atoms. The van der Waals surface area contributed by atoms with E-state index in [1.807, 2.05) is 19.1 Å². The Hall–Kier alpha value is -2.76. The molecule has 0 radical (unpaired) electrons. The van der Waals surface area contributed by atoms with Crippen molar-refractivity contribution in [2.75, 3.05) is 4.90 Å². The molecule has 3 aromatic rings. The lowest BCUT2D eigenvalue weighted by Crippen LogP contribution is -2.31. The number of aromatic nitrogens is 3. The predicted molar refractivity (Wildman–Crippen MR) is 103 cm³/mol. The number of fused-ring (bicyclic) bond motifs is 1. The summed E-state index contributed by atoms with van der Waals surface area (Å²) in [6, 6.07) is 10.00. The van der Waals surface area contributed by atoms with Crippen molar-refractivity contribution in [3.63, 3.8) is 0 Å². The number of imidazole rings is 1. The molecule has 2 aromatic heterocycles. The van der Waals surface area contributed by atoms with Gasteiger partial charge in [0.1, 0.15) is 17.2 Å².